The predicted octanol–water partition coefficient (Wildman–Crippen LogP) is 11.3. The molecule has 0 radical (unpaired) electrons. The van der Waals surface area contributed by atoms with E-state index in [0.717, 1.165) is 4.83 Å². The lowest BCUT2D eigenvalue weighted by Crippen LogP contribution is -1.94. The zero-order chi connectivity index (χ0) is 29.5. The molecule has 0 aliphatic heterocycles. The van der Waals surface area contributed by atoms with Gasteiger partial charge in [-0.1, -0.05) is 78.9 Å². The quantitative estimate of drug-likeness (QED) is 0.200. The molecule has 210 valence electrons. The van der Waals surface area contributed by atoms with E-state index >= 15 is 0 Å². The first-order valence-electron chi connectivity index (χ1n) is 15.2. The molecule has 0 aliphatic carbocycles. The molecule has 6 aromatic carbocycles. The maximum atomic E-state index is 4.68. The molecular weight excluding hydrogens is 567 g/mol. The van der Waals surface area contributed by atoms with Crippen molar-refractivity contribution in [3.8, 4) is 22.5 Å². The normalized spacial score (nSPS) is 12.0. The Hall–Kier alpha value is -5.71. The number of thiophene rings is 1. The maximum Gasteiger partial charge on any atom is 0.124 e. The van der Waals surface area contributed by atoms with Crippen molar-refractivity contribution in [2.75, 3.05) is 0 Å². The van der Waals surface area contributed by atoms with Gasteiger partial charge in [0.25, 0.3) is 0 Å². The molecule has 0 atom stereocenters. The smallest absolute Gasteiger partial charge is 0.124 e. The molecular formula is C41H25N3S. The van der Waals surface area contributed by atoms with Crippen molar-refractivity contribution in [1.29, 1.82) is 0 Å². The van der Waals surface area contributed by atoms with E-state index in [4.69, 9.17) is 0 Å². The highest BCUT2D eigenvalue weighted by Gasteiger charge is 2.18. The Morgan fingerprint density at radius 2 is 1.00 bits per heavy atom. The largest absolute Gasteiger partial charge is 0.309 e. The zero-order valence-corrected chi connectivity index (χ0v) is 25.0. The summed E-state index contributed by atoms with van der Waals surface area (Å²) in [5.41, 5.74) is 9.67. The van der Waals surface area contributed by atoms with E-state index in [9.17, 15) is 0 Å². The van der Waals surface area contributed by atoms with Gasteiger partial charge in [0, 0.05) is 44.2 Å². The molecule has 4 heteroatoms. The third-order valence-corrected chi connectivity index (χ3v) is 10.3. The van der Waals surface area contributed by atoms with Gasteiger partial charge >= 0.3 is 0 Å². The minimum atomic E-state index is 1.08. The van der Waals surface area contributed by atoms with Gasteiger partial charge in [-0.05, 0) is 77.9 Å². The van der Waals surface area contributed by atoms with Gasteiger partial charge in [0.05, 0.1) is 32.5 Å². The van der Waals surface area contributed by atoms with Crippen molar-refractivity contribution in [2.24, 2.45) is 0 Å². The van der Waals surface area contributed by atoms with E-state index in [1.165, 1.54) is 81.6 Å². The summed E-state index contributed by atoms with van der Waals surface area (Å²) in [6.45, 7) is 0. The van der Waals surface area contributed by atoms with Gasteiger partial charge in [-0.25, -0.2) is 4.98 Å². The highest BCUT2D eigenvalue weighted by atomic mass is 32.1. The molecule has 10 aromatic rings. The predicted molar refractivity (Wildman–Crippen MR) is 191 cm³/mol. The van der Waals surface area contributed by atoms with E-state index in [1.807, 2.05) is 12.3 Å². The standard InChI is InChI=1S/C41H25N3S/c1-2-10-28(11-3-1)43-35-16-6-4-12-29(35)33-24-26(19-21-37(33)43)27-20-22-38-34(25-27)30-13-5-7-17-36(30)44(38)39-18-8-14-31-32-15-9-23-42-41(32)45-40(31)39/h1-25H. The average molecular weight is 592 g/mol. The van der Waals surface area contributed by atoms with E-state index in [1.54, 1.807) is 11.3 Å². The molecule has 0 amide bonds. The van der Waals surface area contributed by atoms with E-state index in [2.05, 4.69) is 154 Å². The maximum absolute atomic E-state index is 4.68. The van der Waals surface area contributed by atoms with Gasteiger partial charge in [-0.15, -0.1) is 11.3 Å². The molecule has 0 bridgehead atoms. The van der Waals surface area contributed by atoms with Crippen LogP contribution in [0.3, 0.4) is 0 Å². The van der Waals surface area contributed by atoms with Gasteiger partial charge in [0.1, 0.15) is 4.83 Å². The molecule has 0 saturated heterocycles. The van der Waals surface area contributed by atoms with E-state index in [-0.39, 0.29) is 0 Å². The lowest BCUT2D eigenvalue weighted by atomic mass is 10.0. The number of hydrogen-bond acceptors (Lipinski definition) is 2. The summed E-state index contributed by atoms with van der Waals surface area (Å²) in [4.78, 5) is 5.75. The van der Waals surface area contributed by atoms with Crippen molar-refractivity contribution in [3.63, 3.8) is 0 Å². The second-order valence-corrected chi connectivity index (χ2v) is 12.6. The molecule has 3 nitrogen and oxygen atoms in total. The molecule has 45 heavy (non-hydrogen) atoms. The molecule has 0 aliphatic rings. The van der Waals surface area contributed by atoms with Gasteiger partial charge in [0.15, 0.2) is 0 Å². The van der Waals surface area contributed by atoms with Crippen molar-refractivity contribution in [3.05, 3.63) is 152 Å². The fourth-order valence-corrected chi connectivity index (χ4v) is 8.36. The summed E-state index contributed by atoms with van der Waals surface area (Å²) < 4.78 is 6.07. The Kier molecular flexibility index (Phi) is 5.16. The summed E-state index contributed by atoms with van der Waals surface area (Å²) in [6.07, 6.45) is 1.89. The van der Waals surface area contributed by atoms with Crippen LogP contribution in [0.15, 0.2) is 152 Å². The van der Waals surface area contributed by atoms with Crippen molar-refractivity contribution in [2.45, 2.75) is 0 Å². The third-order valence-electron chi connectivity index (χ3n) is 9.19. The first-order valence-corrected chi connectivity index (χ1v) is 16.0. The third kappa shape index (κ3) is 3.54. The van der Waals surface area contributed by atoms with Crippen molar-refractivity contribution >= 4 is 75.3 Å². The second-order valence-electron chi connectivity index (χ2n) is 11.6. The second kappa shape index (κ2) is 9.39. The summed E-state index contributed by atoms with van der Waals surface area (Å²) in [5.74, 6) is 0. The Morgan fingerprint density at radius 3 is 1.73 bits per heavy atom. The van der Waals surface area contributed by atoms with Crippen LogP contribution in [0.5, 0.6) is 0 Å². The van der Waals surface area contributed by atoms with Crippen LogP contribution in [0.25, 0.3) is 86.4 Å². The Balaban J connectivity index is 1.20. The SMILES string of the molecule is c1ccc(-n2c3ccccc3c3cc(-c4ccc5c(c4)c4ccccc4n5-c4cccc5c4sc4ncccc45)ccc32)cc1. The molecule has 4 aromatic heterocycles. The van der Waals surface area contributed by atoms with Crippen LogP contribution in [0.2, 0.25) is 0 Å². The van der Waals surface area contributed by atoms with Gasteiger partial charge in [-0.3, -0.25) is 0 Å². The van der Waals surface area contributed by atoms with Crippen LogP contribution < -0.4 is 0 Å². The fourth-order valence-electron chi connectivity index (χ4n) is 7.21. The molecule has 10 rings (SSSR count). The van der Waals surface area contributed by atoms with Gasteiger partial charge in [0.2, 0.25) is 0 Å². The molecule has 0 N–H and O–H groups in total. The van der Waals surface area contributed by atoms with Crippen LogP contribution in [-0.2, 0) is 0 Å². The molecule has 0 unspecified atom stereocenters. The first-order chi connectivity index (χ1) is 22.3. The van der Waals surface area contributed by atoms with Crippen molar-refractivity contribution < 1.29 is 0 Å². The summed E-state index contributed by atoms with van der Waals surface area (Å²) in [7, 11) is 0. The number of aromatic nitrogens is 3. The highest BCUT2D eigenvalue weighted by molar-refractivity contribution is 7.25. The Bertz CT molecular complexity index is 2760. The number of nitrogens with zero attached hydrogens (tertiary/aromatic N) is 3. The number of fused-ring (bicyclic) bond motifs is 9. The van der Waals surface area contributed by atoms with E-state index < -0.39 is 0 Å². The number of hydrogen-bond donors (Lipinski definition) is 0. The summed E-state index contributed by atoms with van der Waals surface area (Å²) >= 11 is 1.77. The number of pyridine rings is 1. The fraction of sp³-hybridized carbons (Fsp3) is 0. The minimum absolute atomic E-state index is 1.08. The number of benzene rings is 6. The average Bonchev–Trinajstić information content (AvgIpc) is 3.76. The molecule has 0 spiro atoms. The van der Waals surface area contributed by atoms with Crippen LogP contribution in [0.4, 0.5) is 0 Å². The van der Waals surface area contributed by atoms with Crippen LogP contribution in [0, 0.1) is 0 Å². The zero-order valence-electron chi connectivity index (χ0n) is 24.2. The highest BCUT2D eigenvalue weighted by Crippen LogP contribution is 2.41. The van der Waals surface area contributed by atoms with Gasteiger partial charge in [-0.2, -0.15) is 0 Å². The van der Waals surface area contributed by atoms with Crippen LogP contribution in [-0.4, -0.2) is 14.1 Å². The summed E-state index contributed by atoms with van der Waals surface area (Å²) in [6, 6.07) is 52.8. The van der Waals surface area contributed by atoms with Crippen LogP contribution >= 0.6 is 11.3 Å². The summed E-state index contributed by atoms with van der Waals surface area (Å²) in [5, 5.41) is 7.51. The monoisotopic (exact) mass is 591 g/mol. The number of para-hydroxylation sites is 3. The first kappa shape index (κ1) is 24.7. The lowest BCUT2D eigenvalue weighted by molar-refractivity contribution is 1.18. The molecule has 4 heterocycles. The minimum Gasteiger partial charge on any atom is -0.309 e. The molecule has 0 fully saturated rings. The lowest BCUT2D eigenvalue weighted by Gasteiger charge is -2.10. The van der Waals surface area contributed by atoms with Crippen LogP contribution in [0.1, 0.15) is 0 Å². The van der Waals surface area contributed by atoms with E-state index in [0.29, 0.717) is 0 Å². The molecule has 0 saturated carbocycles. The van der Waals surface area contributed by atoms with Gasteiger partial charge < -0.3 is 9.13 Å². The van der Waals surface area contributed by atoms with Crippen molar-refractivity contribution in [1.82, 2.24) is 14.1 Å². The number of rotatable bonds is 3. The Morgan fingerprint density at radius 1 is 0.422 bits per heavy atom. The topological polar surface area (TPSA) is 22.8 Å². The Labute approximate surface area is 262 Å².